The zero-order valence-electron chi connectivity index (χ0n) is 8.03. The minimum absolute atomic E-state index is 0.0833. The molecule has 4 heteroatoms. The predicted octanol–water partition coefficient (Wildman–Crippen LogP) is 1.21. The van der Waals surface area contributed by atoms with Crippen molar-refractivity contribution in [3.63, 3.8) is 0 Å². The molecule has 2 heterocycles. The van der Waals surface area contributed by atoms with Gasteiger partial charge in [0.2, 0.25) is 0 Å². The van der Waals surface area contributed by atoms with Gasteiger partial charge >= 0.3 is 0 Å². The molecule has 1 atom stereocenters. The van der Waals surface area contributed by atoms with Gasteiger partial charge in [0.15, 0.2) is 0 Å². The Morgan fingerprint density at radius 1 is 1.43 bits per heavy atom. The Balaban J connectivity index is 1.74. The minimum atomic E-state index is 0.0833. The van der Waals surface area contributed by atoms with Crippen molar-refractivity contribution in [1.82, 2.24) is 10.5 Å². The van der Waals surface area contributed by atoms with E-state index >= 15 is 0 Å². The van der Waals surface area contributed by atoms with Crippen LogP contribution in [0.25, 0.3) is 0 Å². The third kappa shape index (κ3) is 1.55. The third-order valence-electron chi connectivity index (χ3n) is 2.78. The second-order valence-corrected chi connectivity index (χ2v) is 3.99. The first kappa shape index (κ1) is 8.44. The molecule has 1 aliphatic heterocycles. The summed E-state index contributed by atoms with van der Waals surface area (Å²) in [5.41, 5.74) is 0.944. The lowest BCUT2D eigenvalue weighted by atomic mass is 10.2. The van der Waals surface area contributed by atoms with Crippen molar-refractivity contribution in [2.45, 2.75) is 24.9 Å². The molecule has 14 heavy (non-hydrogen) atoms. The van der Waals surface area contributed by atoms with Crippen molar-refractivity contribution < 1.29 is 9.26 Å². The smallest absolute Gasteiger partial charge is 0.140 e. The van der Waals surface area contributed by atoms with Gasteiger partial charge in [-0.1, -0.05) is 5.16 Å². The number of hydrogen-bond acceptors (Lipinski definition) is 4. The van der Waals surface area contributed by atoms with Gasteiger partial charge in [0.1, 0.15) is 17.6 Å². The summed E-state index contributed by atoms with van der Waals surface area (Å²) in [5, 5.41) is 7.34. The van der Waals surface area contributed by atoms with E-state index in [-0.39, 0.29) is 6.10 Å². The van der Waals surface area contributed by atoms with Crippen molar-refractivity contribution in [2.75, 3.05) is 19.7 Å². The Morgan fingerprint density at radius 2 is 2.36 bits per heavy atom. The highest BCUT2D eigenvalue weighted by Gasteiger charge is 2.29. The van der Waals surface area contributed by atoms with Gasteiger partial charge in [-0.25, -0.2) is 0 Å². The van der Waals surface area contributed by atoms with Crippen LogP contribution in [0.5, 0.6) is 0 Å². The van der Waals surface area contributed by atoms with Crippen LogP contribution in [0, 0.1) is 0 Å². The lowest BCUT2D eigenvalue weighted by molar-refractivity contribution is 0.0231. The Hall–Kier alpha value is -0.870. The van der Waals surface area contributed by atoms with Gasteiger partial charge in [0.25, 0.3) is 0 Å². The van der Waals surface area contributed by atoms with Crippen molar-refractivity contribution in [2.24, 2.45) is 0 Å². The highest BCUT2D eigenvalue weighted by molar-refractivity contribution is 5.16. The summed E-state index contributed by atoms with van der Waals surface area (Å²) in [6, 6.07) is 2.05. The van der Waals surface area contributed by atoms with Crippen LogP contribution in [-0.4, -0.2) is 24.9 Å². The maximum atomic E-state index is 5.59. The van der Waals surface area contributed by atoms with E-state index in [0.29, 0.717) is 5.92 Å². The van der Waals surface area contributed by atoms with Gasteiger partial charge in [-0.05, 0) is 12.8 Å². The molecule has 2 aliphatic rings. The maximum Gasteiger partial charge on any atom is 0.140 e. The fourth-order valence-electron chi connectivity index (χ4n) is 1.77. The topological polar surface area (TPSA) is 47.3 Å². The second-order valence-electron chi connectivity index (χ2n) is 3.99. The molecule has 1 N–H and O–H groups in total. The van der Waals surface area contributed by atoms with Crippen LogP contribution in [0.4, 0.5) is 0 Å². The summed E-state index contributed by atoms with van der Waals surface area (Å²) >= 11 is 0. The number of nitrogens with one attached hydrogen (secondary N) is 1. The Morgan fingerprint density at radius 3 is 3.07 bits per heavy atom. The Bertz CT molecular complexity index is 314. The van der Waals surface area contributed by atoms with E-state index in [1.54, 1.807) is 0 Å². The van der Waals surface area contributed by atoms with Gasteiger partial charge in [0.05, 0.1) is 6.61 Å². The summed E-state index contributed by atoms with van der Waals surface area (Å²) in [5.74, 6) is 1.67. The van der Waals surface area contributed by atoms with Crippen molar-refractivity contribution in [3.05, 3.63) is 17.5 Å². The highest BCUT2D eigenvalue weighted by atomic mass is 16.5. The zero-order chi connectivity index (χ0) is 9.38. The molecule has 0 bridgehead atoms. The monoisotopic (exact) mass is 194 g/mol. The lowest BCUT2D eigenvalue weighted by Gasteiger charge is -2.21. The van der Waals surface area contributed by atoms with Crippen LogP contribution in [0.15, 0.2) is 10.6 Å². The van der Waals surface area contributed by atoms with E-state index < -0.39 is 0 Å². The van der Waals surface area contributed by atoms with Crippen LogP contribution in [0.2, 0.25) is 0 Å². The molecule has 1 saturated heterocycles. The molecule has 0 radical (unpaired) electrons. The molecule has 3 rings (SSSR count). The first-order valence-corrected chi connectivity index (χ1v) is 5.22. The molecular weight excluding hydrogens is 180 g/mol. The van der Waals surface area contributed by atoms with Gasteiger partial charge in [0, 0.05) is 25.1 Å². The quantitative estimate of drug-likeness (QED) is 0.768. The molecule has 76 valence electrons. The maximum absolute atomic E-state index is 5.59. The molecular formula is C10H14N2O2. The average Bonchev–Trinajstić information content (AvgIpc) is 2.98. The number of rotatable bonds is 2. The minimum Gasteiger partial charge on any atom is -0.369 e. The molecule has 1 aliphatic carbocycles. The van der Waals surface area contributed by atoms with Crippen LogP contribution < -0.4 is 5.32 Å². The zero-order valence-corrected chi connectivity index (χ0v) is 8.03. The number of aromatic nitrogens is 1. The fraction of sp³-hybridized carbons (Fsp3) is 0.700. The molecule has 2 fully saturated rings. The standard InChI is InChI=1S/C10H14N2O2/c1-2-7(1)9-5-8(12-14-9)10-6-11-3-4-13-10/h5,7,10-11H,1-4,6H2/t10-/m1/s1. The summed E-state index contributed by atoms with van der Waals surface area (Å²) in [6.45, 7) is 2.54. The third-order valence-corrected chi connectivity index (χ3v) is 2.78. The molecule has 0 spiro atoms. The summed E-state index contributed by atoms with van der Waals surface area (Å²) in [4.78, 5) is 0. The average molecular weight is 194 g/mol. The van der Waals surface area contributed by atoms with Gasteiger partial charge in [-0.2, -0.15) is 0 Å². The number of nitrogens with zero attached hydrogens (tertiary/aromatic N) is 1. The lowest BCUT2D eigenvalue weighted by Crippen LogP contribution is -2.33. The highest BCUT2D eigenvalue weighted by Crippen LogP contribution is 2.40. The molecule has 1 saturated carbocycles. The number of hydrogen-bond donors (Lipinski definition) is 1. The van der Waals surface area contributed by atoms with Crippen LogP contribution in [0.3, 0.4) is 0 Å². The molecule has 0 amide bonds. The normalized spacial score (nSPS) is 27.9. The van der Waals surface area contributed by atoms with Gasteiger partial charge in [-0.3, -0.25) is 0 Å². The Labute approximate surface area is 82.6 Å². The van der Waals surface area contributed by atoms with Crippen molar-refractivity contribution in [3.8, 4) is 0 Å². The van der Waals surface area contributed by atoms with E-state index in [2.05, 4.69) is 16.5 Å². The van der Waals surface area contributed by atoms with Crippen LogP contribution >= 0.6 is 0 Å². The largest absolute Gasteiger partial charge is 0.369 e. The van der Waals surface area contributed by atoms with Gasteiger partial charge < -0.3 is 14.6 Å². The predicted molar refractivity (Wildman–Crippen MR) is 50.0 cm³/mol. The molecule has 1 aromatic heterocycles. The first-order valence-electron chi connectivity index (χ1n) is 5.22. The van der Waals surface area contributed by atoms with E-state index in [9.17, 15) is 0 Å². The fourth-order valence-corrected chi connectivity index (χ4v) is 1.77. The van der Waals surface area contributed by atoms with Crippen molar-refractivity contribution >= 4 is 0 Å². The van der Waals surface area contributed by atoms with E-state index in [1.807, 2.05) is 0 Å². The number of morpholine rings is 1. The van der Waals surface area contributed by atoms with E-state index in [4.69, 9.17) is 9.26 Å². The Kier molecular flexibility index (Phi) is 2.03. The number of ether oxygens (including phenoxy) is 1. The van der Waals surface area contributed by atoms with Gasteiger partial charge in [-0.15, -0.1) is 0 Å². The first-order chi connectivity index (χ1) is 6.93. The van der Waals surface area contributed by atoms with Crippen LogP contribution in [-0.2, 0) is 4.74 Å². The summed E-state index contributed by atoms with van der Waals surface area (Å²) in [7, 11) is 0. The molecule has 1 aromatic rings. The molecule has 0 unspecified atom stereocenters. The molecule has 0 aromatic carbocycles. The van der Waals surface area contributed by atoms with E-state index in [1.165, 1.54) is 12.8 Å². The van der Waals surface area contributed by atoms with Crippen LogP contribution in [0.1, 0.15) is 36.3 Å². The summed E-state index contributed by atoms with van der Waals surface area (Å²) < 4.78 is 10.9. The summed E-state index contributed by atoms with van der Waals surface area (Å²) in [6.07, 6.45) is 2.58. The van der Waals surface area contributed by atoms with E-state index in [0.717, 1.165) is 31.2 Å². The molecule has 4 nitrogen and oxygen atoms in total. The SMILES string of the molecule is c1c([C@H]2CNCCO2)noc1C1CC1. The van der Waals surface area contributed by atoms with Crippen molar-refractivity contribution in [1.29, 1.82) is 0 Å². The second kappa shape index (κ2) is 3.37.